The molecule has 0 aliphatic carbocycles. The van der Waals surface area contributed by atoms with Crippen LogP contribution in [-0.4, -0.2) is 26.3 Å². The third kappa shape index (κ3) is 2.53. The number of anilines is 2. The zero-order valence-corrected chi connectivity index (χ0v) is 10.00. The first kappa shape index (κ1) is 13.0. The predicted molar refractivity (Wildman–Crippen MR) is 63.5 cm³/mol. The van der Waals surface area contributed by atoms with Gasteiger partial charge < -0.3 is 15.4 Å². The number of nitrogens with two attached hydrogens (primary N) is 1. The molecule has 0 amide bonds. The summed E-state index contributed by atoms with van der Waals surface area (Å²) in [4.78, 5) is 1.81. The third-order valence-corrected chi connectivity index (χ3v) is 3.20. The second kappa shape index (κ2) is 4.68. The molecule has 18 heavy (non-hydrogen) atoms. The van der Waals surface area contributed by atoms with E-state index in [0.29, 0.717) is 18.9 Å². The van der Waals surface area contributed by atoms with Crippen molar-refractivity contribution in [1.29, 1.82) is 0 Å². The summed E-state index contributed by atoms with van der Waals surface area (Å²) in [5.41, 5.74) is 4.84. The fourth-order valence-corrected chi connectivity index (χ4v) is 2.05. The summed E-state index contributed by atoms with van der Waals surface area (Å²) in [6.45, 7) is 1.19. The molecule has 1 aromatic carbocycles. The highest BCUT2D eigenvalue weighted by Gasteiger charge is 2.33. The number of nitrogen functional groups attached to an aromatic ring is 1. The van der Waals surface area contributed by atoms with Gasteiger partial charge in [-0.3, -0.25) is 0 Å². The quantitative estimate of drug-likeness (QED) is 0.830. The second-order valence-corrected chi connectivity index (χ2v) is 4.40. The maximum Gasteiger partial charge on any atom is 0.418 e. The number of alkyl halides is 3. The van der Waals surface area contributed by atoms with Crippen LogP contribution in [0.25, 0.3) is 0 Å². The van der Waals surface area contributed by atoms with Crippen LogP contribution in [0.4, 0.5) is 24.5 Å². The van der Waals surface area contributed by atoms with E-state index in [1.54, 1.807) is 13.1 Å². The molecule has 1 aliphatic heterocycles. The lowest BCUT2D eigenvalue weighted by atomic mass is 10.1. The van der Waals surface area contributed by atoms with Gasteiger partial charge in [0.05, 0.1) is 18.2 Å². The number of benzene rings is 1. The van der Waals surface area contributed by atoms with Gasteiger partial charge in [0.2, 0.25) is 0 Å². The Hall–Kier alpha value is -1.43. The number of rotatable bonds is 2. The van der Waals surface area contributed by atoms with E-state index in [-0.39, 0.29) is 11.7 Å². The Balaban J connectivity index is 2.28. The van der Waals surface area contributed by atoms with Crippen molar-refractivity contribution in [3.63, 3.8) is 0 Å². The van der Waals surface area contributed by atoms with Crippen LogP contribution in [0.5, 0.6) is 0 Å². The first-order valence-electron chi connectivity index (χ1n) is 5.67. The molecule has 1 fully saturated rings. The standard InChI is InChI=1S/C12H15F3N2O/c1-17(9-4-5-18-7-9)8-2-3-11(16)10(6-8)12(13,14)15/h2-3,6,9H,4-5,7,16H2,1H3. The van der Waals surface area contributed by atoms with E-state index < -0.39 is 11.7 Å². The number of halogens is 3. The van der Waals surface area contributed by atoms with Crippen molar-refractivity contribution in [3.8, 4) is 0 Å². The first-order valence-corrected chi connectivity index (χ1v) is 5.67. The molecule has 0 radical (unpaired) electrons. The maximum atomic E-state index is 12.7. The minimum absolute atomic E-state index is 0.120. The molecule has 100 valence electrons. The van der Waals surface area contributed by atoms with E-state index in [4.69, 9.17) is 10.5 Å². The molecule has 1 heterocycles. The fraction of sp³-hybridized carbons (Fsp3) is 0.500. The predicted octanol–water partition coefficient (Wildman–Crippen LogP) is 2.51. The summed E-state index contributed by atoms with van der Waals surface area (Å²) in [5.74, 6) is 0. The van der Waals surface area contributed by atoms with Gasteiger partial charge >= 0.3 is 6.18 Å². The zero-order chi connectivity index (χ0) is 13.3. The largest absolute Gasteiger partial charge is 0.418 e. The van der Waals surface area contributed by atoms with E-state index in [9.17, 15) is 13.2 Å². The average Bonchev–Trinajstić information content (AvgIpc) is 2.80. The molecule has 6 heteroatoms. The normalized spacial score (nSPS) is 20.1. The van der Waals surface area contributed by atoms with Crippen LogP contribution in [0, 0.1) is 0 Å². The molecule has 2 N–H and O–H groups in total. The van der Waals surface area contributed by atoms with Gasteiger partial charge in [0, 0.05) is 25.0 Å². The molecule has 1 aromatic rings. The molecule has 1 atom stereocenters. The summed E-state index contributed by atoms with van der Waals surface area (Å²) >= 11 is 0. The smallest absolute Gasteiger partial charge is 0.398 e. The van der Waals surface area contributed by atoms with Gasteiger partial charge in [-0.1, -0.05) is 0 Å². The van der Waals surface area contributed by atoms with E-state index in [0.717, 1.165) is 12.5 Å². The minimum Gasteiger partial charge on any atom is -0.398 e. The van der Waals surface area contributed by atoms with Gasteiger partial charge in [-0.05, 0) is 24.6 Å². The number of likely N-dealkylation sites (N-methyl/N-ethyl adjacent to an activating group) is 1. The lowest BCUT2D eigenvalue weighted by Crippen LogP contribution is -2.32. The van der Waals surface area contributed by atoms with E-state index >= 15 is 0 Å². The van der Waals surface area contributed by atoms with Crippen LogP contribution in [0.2, 0.25) is 0 Å². The van der Waals surface area contributed by atoms with Gasteiger partial charge in [-0.15, -0.1) is 0 Å². The Labute approximate surface area is 103 Å². The highest BCUT2D eigenvalue weighted by molar-refractivity contribution is 5.59. The average molecular weight is 260 g/mol. The van der Waals surface area contributed by atoms with Crippen LogP contribution < -0.4 is 10.6 Å². The van der Waals surface area contributed by atoms with Crippen molar-refractivity contribution in [3.05, 3.63) is 23.8 Å². The molecule has 1 aliphatic rings. The van der Waals surface area contributed by atoms with Gasteiger partial charge in [0.1, 0.15) is 0 Å². The summed E-state index contributed by atoms with van der Waals surface area (Å²) in [6.07, 6.45) is -3.60. The molecule has 0 saturated carbocycles. The fourth-order valence-electron chi connectivity index (χ4n) is 2.05. The SMILES string of the molecule is CN(c1ccc(N)c(C(F)(F)F)c1)C1CCOC1. The van der Waals surface area contributed by atoms with Gasteiger partial charge in [-0.2, -0.15) is 13.2 Å². The molecule has 1 saturated heterocycles. The van der Waals surface area contributed by atoms with Crippen molar-refractivity contribution in [1.82, 2.24) is 0 Å². The van der Waals surface area contributed by atoms with Crippen LogP contribution in [-0.2, 0) is 10.9 Å². The summed E-state index contributed by atoms with van der Waals surface area (Å²) in [6, 6.07) is 4.11. The summed E-state index contributed by atoms with van der Waals surface area (Å²) in [5, 5.41) is 0. The molecule has 0 aromatic heterocycles. The summed E-state index contributed by atoms with van der Waals surface area (Å²) in [7, 11) is 1.77. The van der Waals surface area contributed by atoms with Crippen LogP contribution >= 0.6 is 0 Å². The summed E-state index contributed by atoms with van der Waals surface area (Å²) < 4.78 is 43.5. The number of ether oxygens (including phenoxy) is 1. The van der Waals surface area contributed by atoms with E-state index in [1.807, 2.05) is 4.90 Å². The van der Waals surface area contributed by atoms with Crippen molar-refractivity contribution >= 4 is 11.4 Å². The second-order valence-electron chi connectivity index (χ2n) is 4.40. The minimum atomic E-state index is -4.42. The molecule has 0 bridgehead atoms. The van der Waals surface area contributed by atoms with Crippen molar-refractivity contribution < 1.29 is 17.9 Å². The number of hydrogen-bond acceptors (Lipinski definition) is 3. The molecule has 0 spiro atoms. The zero-order valence-electron chi connectivity index (χ0n) is 10.00. The van der Waals surface area contributed by atoms with Crippen LogP contribution in [0.15, 0.2) is 18.2 Å². The Bertz CT molecular complexity index is 428. The van der Waals surface area contributed by atoms with Gasteiger partial charge in [0.15, 0.2) is 0 Å². The lowest BCUT2D eigenvalue weighted by Gasteiger charge is -2.26. The number of hydrogen-bond donors (Lipinski definition) is 1. The molecular formula is C12H15F3N2O. The van der Waals surface area contributed by atoms with Crippen molar-refractivity contribution in [2.24, 2.45) is 0 Å². The Morgan fingerprint density at radius 3 is 2.67 bits per heavy atom. The van der Waals surface area contributed by atoms with Gasteiger partial charge in [-0.25, -0.2) is 0 Å². The molecule has 3 nitrogen and oxygen atoms in total. The van der Waals surface area contributed by atoms with E-state index in [2.05, 4.69) is 0 Å². The molecule has 1 unspecified atom stereocenters. The Morgan fingerprint density at radius 1 is 1.39 bits per heavy atom. The van der Waals surface area contributed by atoms with E-state index in [1.165, 1.54) is 6.07 Å². The Kier molecular flexibility index (Phi) is 3.38. The highest BCUT2D eigenvalue weighted by atomic mass is 19.4. The molecule has 2 rings (SSSR count). The monoisotopic (exact) mass is 260 g/mol. The lowest BCUT2D eigenvalue weighted by molar-refractivity contribution is -0.136. The third-order valence-electron chi connectivity index (χ3n) is 3.20. The van der Waals surface area contributed by atoms with Crippen LogP contribution in [0.1, 0.15) is 12.0 Å². The van der Waals surface area contributed by atoms with Crippen molar-refractivity contribution in [2.45, 2.75) is 18.6 Å². The number of nitrogens with zero attached hydrogens (tertiary/aromatic N) is 1. The topological polar surface area (TPSA) is 38.5 Å². The Morgan fingerprint density at radius 2 is 2.11 bits per heavy atom. The van der Waals surface area contributed by atoms with Crippen LogP contribution in [0.3, 0.4) is 0 Å². The maximum absolute atomic E-state index is 12.7. The highest BCUT2D eigenvalue weighted by Crippen LogP contribution is 2.36. The van der Waals surface area contributed by atoms with Crippen molar-refractivity contribution in [2.75, 3.05) is 30.9 Å². The first-order chi connectivity index (χ1) is 8.39. The molecular weight excluding hydrogens is 245 g/mol. The van der Waals surface area contributed by atoms with Gasteiger partial charge in [0.25, 0.3) is 0 Å².